The summed E-state index contributed by atoms with van der Waals surface area (Å²) in [6, 6.07) is -0.474. The van der Waals surface area contributed by atoms with Gasteiger partial charge in [0.2, 0.25) is 5.91 Å². The first-order valence-electron chi connectivity index (χ1n) is 2.65. The molecule has 0 aromatic rings. The zero-order chi connectivity index (χ0) is 7.28. The summed E-state index contributed by atoms with van der Waals surface area (Å²) in [5, 5.41) is 2.43. The molecular formula is C6H10N2O. The van der Waals surface area contributed by atoms with Gasteiger partial charge in [0.25, 0.3) is 0 Å². The summed E-state index contributed by atoms with van der Waals surface area (Å²) in [5.41, 5.74) is 5.20. The van der Waals surface area contributed by atoms with Crippen molar-refractivity contribution in [1.82, 2.24) is 5.32 Å². The van der Waals surface area contributed by atoms with E-state index in [1.165, 1.54) is 0 Å². The smallest absolute Gasteiger partial charge is 0.237 e. The van der Waals surface area contributed by atoms with Gasteiger partial charge in [-0.3, -0.25) is 4.79 Å². The van der Waals surface area contributed by atoms with Gasteiger partial charge in [0.15, 0.2) is 0 Å². The molecule has 0 unspecified atom stereocenters. The van der Waals surface area contributed by atoms with E-state index in [0.717, 1.165) is 0 Å². The number of rotatable bonds is 2. The van der Waals surface area contributed by atoms with Crippen molar-refractivity contribution < 1.29 is 4.79 Å². The molecule has 3 nitrogen and oxygen atoms in total. The van der Waals surface area contributed by atoms with E-state index >= 15 is 0 Å². The second-order valence-electron chi connectivity index (χ2n) is 1.71. The van der Waals surface area contributed by atoms with Crippen LogP contribution in [0.2, 0.25) is 0 Å². The van der Waals surface area contributed by atoms with E-state index in [9.17, 15) is 4.79 Å². The summed E-state index contributed by atoms with van der Waals surface area (Å²) >= 11 is 0. The van der Waals surface area contributed by atoms with Crippen LogP contribution >= 0.6 is 0 Å². The Balaban J connectivity index is 3.42. The average Bonchev–Trinajstić information content (AvgIpc) is 1.82. The Morgan fingerprint density at radius 2 is 2.56 bits per heavy atom. The second kappa shape index (κ2) is 3.93. The highest BCUT2D eigenvalue weighted by Gasteiger charge is 2.03. The first-order chi connectivity index (χ1) is 4.18. The highest BCUT2D eigenvalue weighted by molar-refractivity contribution is 5.81. The summed E-state index contributed by atoms with van der Waals surface area (Å²) in [5.74, 6) is 2.05. The molecule has 0 spiro atoms. The molecule has 0 saturated carbocycles. The second-order valence-corrected chi connectivity index (χ2v) is 1.71. The molecule has 3 N–H and O–H groups in total. The Morgan fingerprint density at radius 3 is 2.89 bits per heavy atom. The maximum Gasteiger partial charge on any atom is 0.237 e. The van der Waals surface area contributed by atoms with Gasteiger partial charge in [-0.15, -0.1) is 6.42 Å². The van der Waals surface area contributed by atoms with Crippen molar-refractivity contribution in [3.05, 3.63) is 0 Å². The normalized spacial score (nSPS) is 11.7. The predicted octanol–water partition coefficient (Wildman–Crippen LogP) is -0.917. The van der Waals surface area contributed by atoms with Gasteiger partial charge in [-0.2, -0.15) is 0 Å². The van der Waals surface area contributed by atoms with Gasteiger partial charge in [0.05, 0.1) is 12.6 Å². The first-order valence-corrected chi connectivity index (χ1v) is 2.65. The van der Waals surface area contributed by atoms with Gasteiger partial charge in [0, 0.05) is 0 Å². The fourth-order valence-corrected chi connectivity index (χ4v) is 0.299. The lowest BCUT2D eigenvalue weighted by atomic mass is 10.3. The lowest BCUT2D eigenvalue weighted by Gasteiger charge is -2.02. The lowest BCUT2D eigenvalue weighted by Crippen LogP contribution is -2.38. The Morgan fingerprint density at radius 1 is 2.00 bits per heavy atom. The molecule has 0 aromatic carbocycles. The van der Waals surface area contributed by atoms with Crippen molar-refractivity contribution in [3.8, 4) is 12.3 Å². The van der Waals surface area contributed by atoms with Crippen LogP contribution in [-0.4, -0.2) is 18.5 Å². The van der Waals surface area contributed by atoms with Crippen LogP contribution in [0.15, 0.2) is 0 Å². The average molecular weight is 126 g/mol. The molecule has 0 bridgehead atoms. The Kier molecular flexibility index (Phi) is 3.49. The maximum absolute atomic E-state index is 10.6. The van der Waals surface area contributed by atoms with Crippen molar-refractivity contribution >= 4 is 5.91 Å². The molecule has 0 saturated heterocycles. The number of terminal acetylenes is 1. The molecule has 0 rings (SSSR count). The largest absolute Gasteiger partial charge is 0.344 e. The van der Waals surface area contributed by atoms with E-state index in [-0.39, 0.29) is 12.5 Å². The van der Waals surface area contributed by atoms with Crippen molar-refractivity contribution in [3.63, 3.8) is 0 Å². The molecule has 1 atom stereocenters. The monoisotopic (exact) mass is 126 g/mol. The van der Waals surface area contributed by atoms with E-state index in [0.29, 0.717) is 0 Å². The summed E-state index contributed by atoms with van der Waals surface area (Å²) in [4.78, 5) is 10.6. The number of amides is 1. The topological polar surface area (TPSA) is 55.1 Å². The van der Waals surface area contributed by atoms with Crippen molar-refractivity contribution in [2.45, 2.75) is 13.0 Å². The van der Waals surface area contributed by atoms with Crippen LogP contribution < -0.4 is 11.1 Å². The minimum absolute atomic E-state index is 0.215. The summed E-state index contributed by atoms with van der Waals surface area (Å²) in [6.07, 6.45) is 4.87. The predicted molar refractivity (Wildman–Crippen MR) is 35.5 cm³/mol. The molecule has 50 valence electrons. The summed E-state index contributed by atoms with van der Waals surface area (Å²) < 4.78 is 0. The summed E-state index contributed by atoms with van der Waals surface area (Å²) in [6.45, 7) is 1.85. The fraction of sp³-hybridized carbons (Fsp3) is 0.500. The zero-order valence-electron chi connectivity index (χ0n) is 5.35. The van der Waals surface area contributed by atoms with E-state index in [1.54, 1.807) is 6.92 Å². The minimum atomic E-state index is -0.474. The molecule has 0 aliphatic rings. The van der Waals surface area contributed by atoms with Crippen LogP contribution in [0, 0.1) is 12.3 Å². The van der Waals surface area contributed by atoms with Gasteiger partial charge >= 0.3 is 0 Å². The van der Waals surface area contributed by atoms with Gasteiger partial charge in [-0.1, -0.05) is 5.92 Å². The van der Waals surface area contributed by atoms with Crippen molar-refractivity contribution in [1.29, 1.82) is 0 Å². The van der Waals surface area contributed by atoms with Crippen LogP contribution in [0.4, 0.5) is 0 Å². The van der Waals surface area contributed by atoms with Crippen LogP contribution in [0.25, 0.3) is 0 Å². The van der Waals surface area contributed by atoms with Crippen molar-refractivity contribution in [2.24, 2.45) is 5.73 Å². The van der Waals surface area contributed by atoms with Gasteiger partial charge < -0.3 is 11.1 Å². The molecule has 3 heteroatoms. The van der Waals surface area contributed by atoms with E-state index in [4.69, 9.17) is 12.2 Å². The highest BCUT2D eigenvalue weighted by atomic mass is 16.2. The Bertz CT molecular complexity index is 134. The number of hydrogen-bond acceptors (Lipinski definition) is 2. The quantitative estimate of drug-likeness (QED) is 0.470. The third-order valence-corrected chi connectivity index (χ3v) is 0.778. The number of carbonyl (C=O) groups excluding carboxylic acids is 1. The van der Waals surface area contributed by atoms with Crippen LogP contribution in [0.3, 0.4) is 0 Å². The molecular weight excluding hydrogens is 116 g/mol. The Labute approximate surface area is 54.6 Å². The van der Waals surface area contributed by atoms with Gasteiger partial charge in [0.1, 0.15) is 0 Å². The maximum atomic E-state index is 10.6. The van der Waals surface area contributed by atoms with Gasteiger partial charge in [-0.05, 0) is 6.92 Å². The van der Waals surface area contributed by atoms with Gasteiger partial charge in [-0.25, -0.2) is 0 Å². The van der Waals surface area contributed by atoms with Crippen LogP contribution in [0.5, 0.6) is 0 Å². The number of carbonyl (C=O) groups is 1. The molecule has 1 amide bonds. The third-order valence-electron chi connectivity index (χ3n) is 0.778. The van der Waals surface area contributed by atoms with E-state index in [1.807, 2.05) is 0 Å². The summed E-state index contributed by atoms with van der Waals surface area (Å²) in [7, 11) is 0. The molecule has 0 fully saturated rings. The first kappa shape index (κ1) is 7.99. The molecule has 0 aliphatic carbocycles. The van der Waals surface area contributed by atoms with Crippen molar-refractivity contribution in [2.75, 3.05) is 6.54 Å². The number of hydrogen-bond donors (Lipinski definition) is 2. The van der Waals surface area contributed by atoms with Crippen LogP contribution in [-0.2, 0) is 4.79 Å². The number of nitrogens with two attached hydrogens (primary N) is 1. The third kappa shape index (κ3) is 3.56. The fourth-order valence-electron chi connectivity index (χ4n) is 0.299. The SMILES string of the molecule is C#CCNC(=O)[C@@H](C)N. The molecule has 0 radical (unpaired) electrons. The molecule has 9 heavy (non-hydrogen) atoms. The zero-order valence-corrected chi connectivity index (χ0v) is 5.35. The minimum Gasteiger partial charge on any atom is -0.344 e. The highest BCUT2D eigenvalue weighted by Crippen LogP contribution is 1.71. The Hall–Kier alpha value is -1.01. The molecule has 0 aliphatic heterocycles. The lowest BCUT2D eigenvalue weighted by molar-refractivity contribution is -0.121. The van der Waals surface area contributed by atoms with E-state index < -0.39 is 6.04 Å². The van der Waals surface area contributed by atoms with Crippen LogP contribution in [0.1, 0.15) is 6.92 Å². The number of nitrogens with one attached hydrogen (secondary N) is 1. The van der Waals surface area contributed by atoms with E-state index in [2.05, 4.69) is 11.2 Å². The molecule has 0 heterocycles. The molecule has 0 aromatic heterocycles. The standard InChI is InChI=1S/C6H10N2O/c1-3-4-8-6(9)5(2)7/h1,5H,4,7H2,2H3,(H,8,9)/t5-/m1/s1.